The van der Waals surface area contributed by atoms with Gasteiger partial charge in [-0.05, 0) is 39.1 Å². The Labute approximate surface area is 120 Å². The van der Waals surface area contributed by atoms with Crippen LogP contribution in [0.25, 0.3) is 0 Å². The SMILES string of the molecule is Cc1cccc(C)c1NC(=O)CC(=O)NCCN(C)C. The summed E-state index contributed by atoms with van der Waals surface area (Å²) in [6.45, 7) is 5.16. The minimum Gasteiger partial charge on any atom is -0.354 e. The molecule has 0 bridgehead atoms. The largest absolute Gasteiger partial charge is 0.354 e. The number of likely N-dealkylation sites (N-methyl/N-ethyl adjacent to an activating group) is 1. The molecular weight excluding hydrogens is 254 g/mol. The fraction of sp³-hybridized carbons (Fsp3) is 0.467. The maximum atomic E-state index is 11.8. The number of benzene rings is 1. The van der Waals surface area contributed by atoms with Gasteiger partial charge in [-0.15, -0.1) is 0 Å². The number of aryl methyl sites for hydroxylation is 2. The first-order valence-electron chi connectivity index (χ1n) is 6.67. The molecule has 1 rings (SSSR count). The number of hydrogen-bond donors (Lipinski definition) is 2. The summed E-state index contributed by atoms with van der Waals surface area (Å²) in [4.78, 5) is 25.4. The van der Waals surface area contributed by atoms with E-state index < -0.39 is 0 Å². The molecule has 0 aliphatic heterocycles. The second-order valence-electron chi connectivity index (χ2n) is 5.14. The van der Waals surface area contributed by atoms with Crippen LogP contribution in [-0.2, 0) is 9.59 Å². The van der Waals surface area contributed by atoms with E-state index in [1.165, 1.54) is 0 Å². The van der Waals surface area contributed by atoms with Gasteiger partial charge in [0.15, 0.2) is 0 Å². The van der Waals surface area contributed by atoms with Crippen molar-refractivity contribution in [3.8, 4) is 0 Å². The van der Waals surface area contributed by atoms with Gasteiger partial charge in [-0.25, -0.2) is 0 Å². The third kappa shape index (κ3) is 5.40. The number of anilines is 1. The lowest BCUT2D eigenvalue weighted by molar-refractivity contribution is -0.126. The molecular formula is C15H23N3O2. The highest BCUT2D eigenvalue weighted by atomic mass is 16.2. The van der Waals surface area contributed by atoms with Crippen LogP contribution in [0.1, 0.15) is 17.5 Å². The molecule has 110 valence electrons. The Bertz CT molecular complexity index is 464. The van der Waals surface area contributed by atoms with Gasteiger partial charge in [0.1, 0.15) is 6.42 Å². The van der Waals surface area contributed by atoms with Crippen LogP contribution >= 0.6 is 0 Å². The summed E-state index contributed by atoms with van der Waals surface area (Å²) >= 11 is 0. The van der Waals surface area contributed by atoms with Gasteiger partial charge in [0.2, 0.25) is 11.8 Å². The predicted octanol–water partition coefficient (Wildman–Crippen LogP) is 1.31. The standard InChI is InChI=1S/C15H23N3O2/c1-11-6-5-7-12(2)15(11)17-14(20)10-13(19)16-8-9-18(3)4/h5-7H,8-10H2,1-4H3,(H,16,19)(H,17,20). The Morgan fingerprint density at radius 3 is 2.25 bits per heavy atom. The molecule has 0 aliphatic carbocycles. The second kappa shape index (κ2) is 7.65. The second-order valence-corrected chi connectivity index (χ2v) is 5.14. The lowest BCUT2D eigenvalue weighted by Gasteiger charge is -2.12. The molecule has 0 spiro atoms. The van der Waals surface area contributed by atoms with Crippen molar-refractivity contribution >= 4 is 17.5 Å². The van der Waals surface area contributed by atoms with Gasteiger partial charge in [-0.2, -0.15) is 0 Å². The van der Waals surface area contributed by atoms with E-state index in [1.807, 2.05) is 51.0 Å². The molecule has 0 aliphatic rings. The minimum absolute atomic E-state index is 0.152. The lowest BCUT2D eigenvalue weighted by Crippen LogP contribution is -2.33. The number of carbonyl (C=O) groups excluding carboxylic acids is 2. The molecule has 0 saturated heterocycles. The maximum absolute atomic E-state index is 11.8. The molecule has 0 atom stereocenters. The van der Waals surface area contributed by atoms with Crippen LogP contribution in [0.2, 0.25) is 0 Å². The maximum Gasteiger partial charge on any atom is 0.233 e. The lowest BCUT2D eigenvalue weighted by atomic mass is 10.1. The Morgan fingerprint density at radius 2 is 1.70 bits per heavy atom. The molecule has 1 aromatic rings. The molecule has 5 nitrogen and oxygen atoms in total. The molecule has 2 amide bonds. The zero-order valence-corrected chi connectivity index (χ0v) is 12.6. The van der Waals surface area contributed by atoms with E-state index in [9.17, 15) is 9.59 Å². The number of carbonyl (C=O) groups is 2. The van der Waals surface area contributed by atoms with E-state index in [2.05, 4.69) is 10.6 Å². The number of hydrogen-bond acceptors (Lipinski definition) is 3. The van der Waals surface area contributed by atoms with Gasteiger partial charge in [0.05, 0.1) is 0 Å². The normalized spacial score (nSPS) is 10.4. The van der Waals surface area contributed by atoms with Crippen LogP contribution in [0.4, 0.5) is 5.69 Å². The van der Waals surface area contributed by atoms with Crippen LogP contribution in [0.3, 0.4) is 0 Å². The highest BCUT2D eigenvalue weighted by molar-refractivity contribution is 6.04. The fourth-order valence-electron chi connectivity index (χ4n) is 1.82. The average molecular weight is 277 g/mol. The summed E-state index contributed by atoms with van der Waals surface area (Å²) < 4.78 is 0. The molecule has 2 N–H and O–H groups in total. The number of para-hydroxylation sites is 1. The predicted molar refractivity (Wildman–Crippen MR) is 80.7 cm³/mol. The van der Waals surface area contributed by atoms with Crippen LogP contribution in [-0.4, -0.2) is 43.9 Å². The number of amides is 2. The van der Waals surface area contributed by atoms with Gasteiger partial charge in [-0.3, -0.25) is 9.59 Å². The van der Waals surface area contributed by atoms with Gasteiger partial charge >= 0.3 is 0 Å². The zero-order valence-electron chi connectivity index (χ0n) is 12.6. The summed E-state index contributed by atoms with van der Waals surface area (Å²) in [5.74, 6) is -0.541. The van der Waals surface area contributed by atoms with Crippen LogP contribution in [0.5, 0.6) is 0 Å². The van der Waals surface area contributed by atoms with Crippen molar-refractivity contribution in [2.45, 2.75) is 20.3 Å². The fourth-order valence-corrected chi connectivity index (χ4v) is 1.82. The number of nitrogens with one attached hydrogen (secondary N) is 2. The summed E-state index contributed by atoms with van der Waals surface area (Å²) in [7, 11) is 3.86. The van der Waals surface area contributed by atoms with E-state index in [1.54, 1.807) is 0 Å². The molecule has 0 unspecified atom stereocenters. The minimum atomic E-state index is -0.287. The van der Waals surface area contributed by atoms with Crippen molar-refractivity contribution in [1.82, 2.24) is 10.2 Å². The highest BCUT2D eigenvalue weighted by Gasteiger charge is 2.11. The topological polar surface area (TPSA) is 61.4 Å². The first kappa shape index (κ1) is 16.2. The Balaban J connectivity index is 2.45. The van der Waals surface area contributed by atoms with Gasteiger partial charge in [0, 0.05) is 18.8 Å². The third-order valence-corrected chi connectivity index (χ3v) is 2.95. The quantitative estimate of drug-likeness (QED) is 0.771. The number of rotatable bonds is 6. The van der Waals surface area contributed by atoms with Crippen LogP contribution < -0.4 is 10.6 Å². The molecule has 1 aromatic carbocycles. The first-order valence-corrected chi connectivity index (χ1v) is 6.67. The Morgan fingerprint density at radius 1 is 1.10 bits per heavy atom. The molecule has 20 heavy (non-hydrogen) atoms. The van der Waals surface area contributed by atoms with Crippen molar-refractivity contribution in [2.24, 2.45) is 0 Å². The molecule has 5 heteroatoms. The van der Waals surface area contributed by atoms with E-state index in [0.717, 1.165) is 23.4 Å². The molecule has 0 saturated carbocycles. The van der Waals surface area contributed by atoms with E-state index in [4.69, 9.17) is 0 Å². The van der Waals surface area contributed by atoms with Crippen LogP contribution in [0, 0.1) is 13.8 Å². The molecule has 0 aromatic heterocycles. The summed E-state index contributed by atoms with van der Waals surface area (Å²) in [6.07, 6.45) is -0.152. The van der Waals surface area contributed by atoms with Gasteiger partial charge < -0.3 is 15.5 Å². The van der Waals surface area contributed by atoms with Crippen molar-refractivity contribution < 1.29 is 9.59 Å². The molecule has 0 heterocycles. The van der Waals surface area contributed by atoms with Crippen molar-refractivity contribution in [3.05, 3.63) is 29.3 Å². The summed E-state index contributed by atoms with van der Waals surface area (Å²) in [5, 5.41) is 5.52. The first-order chi connectivity index (χ1) is 9.40. The monoisotopic (exact) mass is 277 g/mol. The van der Waals surface area contributed by atoms with Crippen molar-refractivity contribution in [1.29, 1.82) is 0 Å². The smallest absolute Gasteiger partial charge is 0.233 e. The van der Waals surface area contributed by atoms with E-state index >= 15 is 0 Å². The van der Waals surface area contributed by atoms with Crippen molar-refractivity contribution in [3.63, 3.8) is 0 Å². The van der Waals surface area contributed by atoms with Gasteiger partial charge in [-0.1, -0.05) is 18.2 Å². The summed E-state index contributed by atoms with van der Waals surface area (Å²) in [5.41, 5.74) is 2.77. The molecule has 0 fully saturated rings. The zero-order chi connectivity index (χ0) is 15.1. The third-order valence-electron chi connectivity index (χ3n) is 2.95. The Hall–Kier alpha value is -1.88. The van der Waals surface area contributed by atoms with Crippen molar-refractivity contribution in [2.75, 3.05) is 32.5 Å². The van der Waals surface area contributed by atoms with Gasteiger partial charge in [0.25, 0.3) is 0 Å². The average Bonchev–Trinajstić information content (AvgIpc) is 2.33. The molecule has 0 radical (unpaired) electrons. The van der Waals surface area contributed by atoms with Crippen LogP contribution in [0.15, 0.2) is 18.2 Å². The Kier molecular flexibility index (Phi) is 6.18. The highest BCUT2D eigenvalue weighted by Crippen LogP contribution is 2.19. The van der Waals surface area contributed by atoms with E-state index in [0.29, 0.717) is 6.54 Å². The summed E-state index contributed by atoms with van der Waals surface area (Å²) in [6, 6.07) is 5.80. The van der Waals surface area contributed by atoms with E-state index in [-0.39, 0.29) is 18.2 Å². The number of nitrogens with zero attached hydrogens (tertiary/aromatic N) is 1.